The van der Waals surface area contributed by atoms with Crippen molar-refractivity contribution in [3.8, 4) is 0 Å². The molecule has 3 rings (SSSR count). The summed E-state index contributed by atoms with van der Waals surface area (Å²) in [7, 11) is 0. The highest BCUT2D eigenvalue weighted by Gasteiger charge is 2.30. The van der Waals surface area contributed by atoms with Crippen molar-refractivity contribution in [1.82, 2.24) is 19.1 Å². The summed E-state index contributed by atoms with van der Waals surface area (Å²) in [5, 5.41) is 6.44. The lowest BCUT2D eigenvalue weighted by Gasteiger charge is -2.10. The first kappa shape index (κ1) is 17.0. The number of hydrogen-bond acceptors (Lipinski definition) is 3. The molecule has 1 amide bonds. The number of benzene rings is 1. The van der Waals surface area contributed by atoms with Crippen molar-refractivity contribution < 1.29 is 18.0 Å². The van der Waals surface area contributed by atoms with Crippen LogP contribution in [0.4, 0.5) is 18.9 Å². The largest absolute Gasteiger partial charge is 0.416 e. The summed E-state index contributed by atoms with van der Waals surface area (Å²) in [6, 6.07) is 8.02. The molecule has 0 aliphatic heterocycles. The van der Waals surface area contributed by atoms with E-state index in [1.165, 1.54) is 23.1 Å². The van der Waals surface area contributed by atoms with E-state index in [0.29, 0.717) is 0 Å². The molecule has 0 fully saturated rings. The zero-order valence-electron chi connectivity index (χ0n) is 12.6. The number of nitrogens with zero attached hydrogens (tertiary/aromatic N) is 4. The normalized spacial score (nSPS) is 11.5. The molecular formula is C15H12F3N5OS. The van der Waals surface area contributed by atoms with Crippen molar-refractivity contribution >= 4 is 23.8 Å². The molecule has 2 aromatic heterocycles. The first-order chi connectivity index (χ1) is 11.8. The van der Waals surface area contributed by atoms with Gasteiger partial charge in [0.25, 0.3) is 0 Å². The third kappa shape index (κ3) is 3.79. The molecule has 130 valence electrons. The molecule has 2 heterocycles. The van der Waals surface area contributed by atoms with Gasteiger partial charge < -0.3 is 5.32 Å². The van der Waals surface area contributed by atoms with Gasteiger partial charge in [-0.1, -0.05) is 6.07 Å². The molecule has 3 aromatic rings. The van der Waals surface area contributed by atoms with Gasteiger partial charge in [-0.3, -0.25) is 9.47 Å². The number of aromatic nitrogens is 4. The van der Waals surface area contributed by atoms with Gasteiger partial charge in [0, 0.05) is 18.1 Å². The van der Waals surface area contributed by atoms with Crippen LogP contribution in [0.5, 0.6) is 0 Å². The topological polar surface area (TPSA) is 56.8 Å². The lowest BCUT2D eigenvalue weighted by molar-refractivity contribution is -0.137. The van der Waals surface area contributed by atoms with Crippen LogP contribution >= 0.6 is 12.2 Å². The maximum absolute atomic E-state index is 12.7. The van der Waals surface area contributed by atoms with Crippen LogP contribution in [0.2, 0.25) is 0 Å². The lowest BCUT2D eigenvalue weighted by Crippen LogP contribution is -2.20. The van der Waals surface area contributed by atoms with E-state index >= 15 is 0 Å². The Morgan fingerprint density at radius 3 is 2.60 bits per heavy atom. The van der Waals surface area contributed by atoms with E-state index in [9.17, 15) is 18.0 Å². The maximum Gasteiger partial charge on any atom is 0.416 e. The Balaban J connectivity index is 1.73. The average molecular weight is 367 g/mol. The molecular weight excluding hydrogens is 355 g/mol. The van der Waals surface area contributed by atoms with Crippen LogP contribution < -0.4 is 5.32 Å². The molecule has 0 spiro atoms. The van der Waals surface area contributed by atoms with Crippen molar-refractivity contribution in [2.24, 2.45) is 0 Å². The zero-order chi connectivity index (χ0) is 18.0. The molecule has 0 atom stereocenters. The molecule has 0 saturated carbocycles. The third-order valence-corrected chi connectivity index (χ3v) is 3.72. The van der Waals surface area contributed by atoms with E-state index in [-0.39, 0.29) is 17.0 Å². The van der Waals surface area contributed by atoms with Gasteiger partial charge in [-0.05, 0) is 42.5 Å². The molecule has 6 nitrogen and oxygen atoms in total. The van der Waals surface area contributed by atoms with E-state index in [1.54, 1.807) is 33.9 Å². The van der Waals surface area contributed by atoms with Gasteiger partial charge >= 0.3 is 6.18 Å². The third-order valence-electron chi connectivity index (χ3n) is 3.32. The molecule has 0 saturated heterocycles. The Morgan fingerprint density at radius 1 is 1.20 bits per heavy atom. The maximum atomic E-state index is 12.7. The van der Waals surface area contributed by atoms with Gasteiger partial charge in [0.15, 0.2) is 0 Å². The number of rotatable bonds is 4. The van der Waals surface area contributed by atoms with Gasteiger partial charge in [-0.2, -0.15) is 18.3 Å². The van der Waals surface area contributed by atoms with Crippen molar-refractivity contribution in [1.29, 1.82) is 0 Å². The molecule has 0 aliphatic carbocycles. The number of carbonyl (C=O) groups is 1. The van der Waals surface area contributed by atoms with E-state index in [0.717, 1.165) is 12.1 Å². The minimum atomic E-state index is -4.47. The molecule has 1 aromatic carbocycles. The van der Waals surface area contributed by atoms with Crippen LogP contribution in [-0.2, 0) is 17.5 Å². The van der Waals surface area contributed by atoms with Gasteiger partial charge in [0.05, 0.1) is 5.56 Å². The number of anilines is 1. The second-order valence-corrected chi connectivity index (χ2v) is 5.47. The smallest absolute Gasteiger partial charge is 0.324 e. The summed E-state index contributed by atoms with van der Waals surface area (Å²) in [6.45, 7) is -0.219. The van der Waals surface area contributed by atoms with Crippen molar-refractivity contribution in [3.63, 3.8) is 0 Å². The van der Waals surface area contributed by atoms with E-state index in [2.05, 4.69) is 10.4 Å². The summed E-state index contributed by atoms with van der Waals surface area (Å²) in [5.74, 6) is -0.534. The van der Waals surface area contributed by atoms with Crippen LogP contribution in [-0.4, -0.2) is 25.0 Å². The van der Waals surface area contributed by atoms with Gasteiger partial charge in [0.2, 0.25) is 10.7 Å². The molecule has 1 N–H and O–H groups in total. The van der Waals surface area contributed by atoms with Crippen LogP contribution in [0.25, 0.3) is 0 Å². The molecule has 0 bridgehead atoms. The SMILES string of the molecule is O=C(Cn1ncn(-n2cccc2)c1=S)Nc1cccc(C(F)(F)F)c1. The minimum absolute atomic E-state index is 0.0520. The van der Waals surface area contributed by atoms with Crippen LogP contribution in [0.1, 0.15) is 5.56 Å². The predicted molar refractivity (Wildman–Crippen MR) is 86.4 cm³/mol. The van der Waals surface area contributed by atoms with E-state index in [4.69, 9.17) is 12.2 Å². The summed E-state index contributed by atoms with van der Waals surface area (Å²) in [6.07, 6.45) is 0.480. The Hall–Kier alpha value is -2.88. The second kappa shape index (κ2) is 6.55. The van der Waals surface area contributed by atoms with Crippen LogP contribution in [0.15, 0.2) is 55.1 Å². The molecule has 0 radical (unpaired) electrons. The highest BCUT2D eigenvalue weighted by molar-refractivity contribution is 7.71. The summed E-state index contributed by atoms with van der Waals surface area (Å²) in [5.41, 5.74) is -0.782. The van der Waals surface area contributed by atoms with Crippen molar-refractivity contribution in [2.75, 3.05) is 5.32 Å². The summed E-state index contributed by atoms with van der Waals surface area (Å²) in [4.78, 5) is 12.1. The quantitative estimate of drug-likeness (QED) is 0.721. The summed E-state index contributed by atoms with van der Waals surface area (Å²) < 4.78 is 42.9. The van der Waals surface area contributed by atoms with Crippen LogP contribution in [0, 0.1) is 4.77 Å². The second-order valence-electron chi connectivity index (χ2n) is 5.11. The Morgan fingerprint density at radius 2 is 1.92 bits per heavy atom. The molecule has 25 heavy (non-hydrogen) atoms. The highest BCUT2D eigenvalue weighted by atomic mass is 32.1. The first-order valence-electron chi connectivity index (χ1n) is 7.10. The van der Waals surface area contributed by atoms with Crippen molar-refractivity contribution in [3.05, 3.63) is 65.5 Å². The number of hydrogen-bond donors (Lipinski definition) is 1. The van der Waals surface area contributed by atoms with E-state index < -0.39 is 17.6 Å². The number of halogens is 3. The highest BCUT2D eigenvalue weighted by Crippen LogP contribution is 2.30. The van der Waals surface area contributed by atoms with E-state index in [1.807, 2.05) is 0 Å². The first-order valence-corrected chi connectivity index (χ1v) is 7.50. The molecule has 0 aliphatic rings. The minimum Gasteiger partial charge on any atom is -0.324 e. The number of alkyl halides is 3. The van der Waals surface area contributed by atoms with Crippen molar-refractivity contribution in [2.45, 2.75) is 12.7 Å². The Labute approximate surface area is 145 Å². The molecule has 10 heteroatoms. The fraction of sp³-hybridized carbons (Fsp3) is 0.133. The fourth-order valence-electron chi connectivity index (χ4n) is 2.17. The fourth-order valence-corrected chi connectivity index (χ4v) is 2.43. The molecule has 0 unspecified atom stereocenters. The Kier molecular flexibility index (Phi) is 4.45. The number of amides is 1. The number of nitrogens with one attached hydrogen (secondary N) is 1. The zero-order valence-corrected chi connectivity index (χ0v) is 13.5. The Bertz CT molecular complexity index is 943. The monoisotopic (exact) mass is 367 g/mol. The predicted octanol–water partition coefficient (Wildman–Crippen LogP) is 3.18. The average Bonchev–Trinajstić information content (AvgIpc) is 3.17. The summed E-state index contributed by atoms with van der Waals surface area (Å²) >= 11 is 5.24. The van der Waals surface area contributed by atoms with Gasteiger partial charge in [-0.15, -0.1) is 0 Å². The standard InChI is InChI=1S/C15H12F3N5OS/c16-15(17,18)11-4-3-5-12(8-11)20-13(24)9-22-14(25)23(10-19-22)21-6-1-2-7-21/h1-8,10H,9H2,(H,20,24). The lowest BCUT2D eigenvalue weighted by atomic mass is 10.2. The number of carbonyl (C=O) groups excluding carboxylic acids is 1. The van der Waals surface area contributed by atoms with Gasteiger partial charge in [0.1, 0.15) is 12.9 Å². The van der Waals surface area contributed by atoms with Gasteiger partial charge in [-0.25, -0.2) is 9.36 Å². The van der Waals surface area contributed by atoms with Crippen LogP contribution in [0.3, 0.4) is 0 Å².